The Morgan fingerprint density at radius 3 is 1.34 bits per heavy atom. The largest absolute Gasteiger partial charge is 0.103 e. The molecule has 0 fully saturated rings. The van der Waals surface area contributed by atoms with E-state index in [2.05, 4.69) is 120 Å². The van der Waals surface area contributed by atoms with E-state index < -0.39 is 7.92 Å². The van der Waals surface area contributed by atoms with Gasteiger partial charge in [0, 0.05) is 4.47 Å². The first-order chi connectivity index (χ1) is 14.3. The van der Waals surface area contributed by atoms with Crippen molar-refractivity contribution in [3.63, 3.8) is 0 Å². The van der Waals surface area contributed by atoms with E-state index in [9.17, 15) is 0 Å². The van der Waals surface area contributed by atoms with Crippen molar-refractivity contribution in [2.45, 2.75) is 6.42 Å². The van der Waals surface area contributed by atoms with Crippen molar-refractivity contribution in [2.75, 3.05) is 0 Å². The van der Waals surface area contributed by atoms with E-state index in [1.165, 1.54) is 21.5 Å². The first-order valence-corrected chi connectivity index (χ1v) is 11.7. The second-order valence-electron chi connectivity index (χ2n) is 6.43. The van der Waals surface area contributed by atoms with Crippen LogP contribution in [-0.4, -0.2) is 0 Å². The van der Waals surface area contributed by atoms with E-state index in [0.717, 1.165) is 10.9 Å². The SMILES string of the molecule is C=CCc1ccccc1Br.c1ccc(P(c2ccccc2)c2ccccc2)cc1. The third-order valence-electron chi connectivity index (χ3n) is 4.37. The molecule has 144 valence electrons. The highest BCUT2D eigenvalue weighted by molar-refractivity contribution is 9.10. The summed E-state index contributed by atoms with van der Waals surface area (Å²) >= 11 is 3.45. The van der Waals surface area contributed by atoms with Gasteiger partial charge in [0.25, 0.3) is 0 Å². The molecule has 4 rings (SSSR count). The Hall–Kier alpha value is -2.47. The van der Waals surface area contributed by atoms with Crippen LogP contribution < -0.4 is 15.9 Å². The zero-order valence-electron chi connectivity index (χ0n) is 16.3. The number of halogens is 1. The molecule has 29 heavy (non-hydrogen) atoms. The highest BCUT2D eigenvalue weighted by Gasteiger charge is 2.14. The molecule has 0 atom stereocenters. The molecule has 0 saturated carbocycles. The van der Waals surface area contributed by atoms with Crippen LogP contribution in [0.5, 0.6) is 0 Å². The summed E-state index contributed by atoms with van der Waals surface area (Å²) in [5, 5.41) is 4.19. The van der Waals surface area contributed by atoms with Crippen LogP contribution in [0.2, 0.25) is 0 Å². The lowest BCUT2D eigenvalue weighted by Gasteiger charge is -2.18. The van der Waals surface area contributed by atoms with Gasteiger partial charge in [-0.05, 0) is 41.9 Å². The first-order valence-electron chi connectivity index (χ1n) is 9.59. The molecule has 0 saturated heterocycles. The normalized spacial score (nSPS) is 10.1. The third-order valence-corrected chi connectivity index (χ3v) is 7.58. The molecule has 0 bridgehead atoms. The quantitative estimate of drug-likeness (QED) is 0.232. The first kappa shape index (κ1) is 21.2. The zero-order valence-corrected chi connectivity index (χ0v) is 18.8. The molecule has 4 aromatic carbocycles. The van der Waals surface area contributed by atoms with E-state index in [1.807, 2.05) is 24.3 Å². The van der Waals surface area contributed by atoms with Crippen molar-refractivity contribution < 1.29 is 0 Å². The third kappa shape index (κ3) is 6.26. The van der Waals surface area contributed by atoms with Crippen molar-refractivity contribution in [2.24, 2.45) is 0 Å². The zero-order chi connectivity index (χ0) is 20.3. The van der Waals surface area contributed by atoms with Gasteiger partial charge in [-0.3, -0.25) is 0 Å². The molecule has 0 aromatic heterocycles. The highest BCUT2D eigenvalue weighted by Crippen LogP contribution is 2.32. The Kier molecular flexibility index (Phi) is 8.43. The number of hydrogen-bond donors (Lipinski definition) is 0. The van der Waals surface area contributed by atoms with Gasteiger partial charge in [-0.25, -0.2) is 0 Å². The summed E-state index contributed by atoms with van der Waals surface area (Å²) in [6.45, 7) is 3.68. The lowest BCUT2D eigenvalue weighted by molar-refractivity contribution is 1.26. The molecule has 0 nitrogen and oxygen atoms in total. The van der Waals surface area contributed by atoms with Crippen molar-refractivity contribution in [1.29, 1.82) is 0 Å². The minimum Gasteiger partial charge on any atom is -0.103 e. The summed E-state index contributed by atoms with van der Waals surface area (Å²) in [7, 11) is -0.446. The predicted molar refractivity (Wildman–Crippen MR) is 133 cm³/mol. The number of benzene rings is 4. The Bertz CT molecular complexity index is 904. The van der Waals surface area contributed by atoms with Crippen molar-refractivity contribution in [3.05, 3.63) is 138 Å². The number of hydrogen-bond acceptors (Lipinski definition) is 0. The lowest BCUT2D eigenvalue weighted by Crippen LogP contribution is -2.20. The topological polar surface area (TPSA) is 0 Å². The Balaban J connectivity index is 0.000000204. The average molecular weight is 459 g/mol. The summed E-state index contributed by atoms with van der Waals surface area (Å²) in [6.07, 6.45) is 2.83. The van der Waals surface area contributed by atoms with Gasteiger partial charge in [0.05, 0.1) is 0 Å². The van der Waals surface area contributed by atoms with Crippen molar-refractivity contribution in [3.8, 4) is 0 Å². The van der Waals surface area contributed by atoms with Crippen LogP contribution in [0.3, 0.4) is 0 Å². The predicted octanol–water partition coefficient (Wildman–Crippen LogP) is 6.62. The van der Waals surface area contributed by atoms with Gasteiger partial charge < -0.3 is 0 Å². The van der Waals surface area contributed by atoms with Crippen molar-refractivity contribution in [1.82, 2.24) is 0 Å². The maximum absolute atomic E-state index is 3.68. The second kappa shape index (κ2) is 11.5. The fourth-order valence-corrected chi connectivity index (χ4v) is 5.75. The number of rotatable bonds is 5. The van der Waals surface area contributed by atoms with Crippen LogP contribution in [0.25, 0.3) is 0 Å². The minimum absolute atomic E-state index is 0.446. The van der Waals surface area contributed by atoms with Gasteiger partial charge in [-0.2, -0.15) is 0 Å². The average Bonchev–Trinajstić information content (AvgIpc) is 2.79. The van der Waals surface area contributed by atoms with Crippen LogP contribution in [0, 0.1) is 0 Å². The molecule has 4 aromatic rings. The van der Waals surface area contributed by atoms with E-state index in [1.54, 1.807) is 0 Å². The molecular formula is C27H24BrP. The van der Waals surface area contributed by atoms with Crippen molar-refractivity contribution >= 4 is 39.8 Å². The molecule has 0 aliphatic rings. The standard InChI is InChI=1S/C18H15P.C9H9Br/c1-4-10-16(11-5-1)19(17-12-6-2-7-13-17)18-14-8-3-9-15-18;1-2-5-8-6-3-4-7-9(8)10/h1-15H;2-4,6-7H,1,5H2. The summed E-state index contributed by atoms with van der Waals surface area (Å²) in [5.41, 5.74) is 1.29. The fourth-order valence-electron chi connectivity index (χ4n) is 3.00. The van der Waals surface area contributed by atoms with Gasteiger partial charge in [0.2, 0.25) is 0 Å². The minimum atomic E-state index is -0.446. The fraction of sp³-hybridized carbons (Fsp3) is 0.0370. The summed E-state index contributed by atoms with van der Waals surface area (Å²) < 4.78 is 1.16. The Morgan fingerprint density at radius 2 is 0.966 bits per heavy atom. The molecular weight excluding hydrogens is 435 g/mol. The highest BCUT2D eigenvalue weighted by atomic mass is 79.9. The number of allylic oxidation sites excluding steroid dienone is 1. The molecule has 0 heterocycles. The van der Waals surface area contributed by atoms with Crippen LogP contribution in [0.1, 0.15) is 5.56 Å². The van der Waals surface area contributed by atoms with E-state index >= 15 is 0 Å². The molecule has 0 amide bonds. The Labute approximate surface area is 183 Å². The van der Waals surface area contributed by atoms with Gasteiger partial charge in [0.1, 0.15) is 0 Å². The summed E-state index contributed by atoms with van der Waals surface area (Å²) in [4.78, 5) is 0. The van der Waals surface area contributed by atoms with Gasteiger partial charge in [0.15, 0.2) is 0 Å². The van der Waals surface area contributed by atoms with E-state index in [0.29, 0.717) is 0 Å². The molecule has 2 heteroatoms. The van der Waals surface area contributed by atoms with Crippen LogP contribution in [0.4, 0.5) is 0 Å². The second-order valence-corrected chi connectivity index (χ2v) is 9.50. The summed E-state index contributed by atoms with van der Waals surface area (Å²) in [6, 6.07) is 40.5. The van der Waals surface area contributed by atoms with E-state index in [-0.39, 0.29) is 0 Å². The molecule has 0 N–H and O–H groups in total. The molecule has 0 radical (unpaired) electrons. The summed E-state index contributed by atoms with van der Waals surface area (Å²) in [5.74, 6) is 0. The Morgan fingerprint density at radius 1 is 0.586 bits per heavy atom. The maximum Gasteiger partial charge on any atom is 0.0210 e. The van der Waals surface area contributed by atoms with Gasteiger partial charge in [-0.15, -0.1) is 6.58 Å². The molecule has 0 unspecified atom stereocenters. The molecule has 0 spiro atoms. The molecule has 0 aliphatic carbocycles. The lowest BCUT2D eigenvalue weighted by atomic mass is 10.2. The van der Waals surface area contributed by atoms with Crippen LogP contribution in [-0.2, 0) is 6.42 Å². The molecule has 0 aliphatic heterocycles. The van der Waals surface area contributed by atoms with E-state index in [4.69, 9.17) is 0 Å². The maximum atomic E-state index is 3.68. The monoisotopic (exact) mass is 458 g/mol. The van der Waals surface area contributed by atoms with Gasteiger partial charge >= 0.3 is 0 Å². The van der Waals surface area contributed by atoms with Crippen LogP contribution in [0.15, 0.2) is 132 Å². The van der Waals surface area contributed by atoms with Gasteiger partial charge in [-0.1, -0.05) is 131 Å². The smallest absolute Gasteiger partial charge is 0.0210 e. The van der Waals surface area contributed by atoms with Crippen LogP contribution >= 0.6 is 23.9 Å².